The summed E-state index contributed by atoms with van der Waals surface area (Å²) in [7, 11) is 0. The van der Waals surface area contributed by atoms with Gasteiger partial charge in [0.05, 0.1) is 11.2 Å². The number of oxazole rings is 1. The van der Waals surface area contributed by atoms with Crippen molar-refractivity contribution in [1.29, 1.82) is 0 Å². The van der Waals surface area contributed by atoms with Crippen molar-refractivity contribution in [3.63, 3.8) is 0 Å². The number of rotatable bonds is 4. The molecule has 0 radical (unpaired) electrons. The molecule has 1 heterocycles. The van der Waals surface area contributed by atoms with E-state index in [0.717, 1.165) is 11.6 Å². The van der Waals surface area contributed by atoms with Crippen LogP contribution >= 0.6 is 0 Å². The van der Waals surface area contributed by atoms with Crippen LogP contribution in [-0.4, -0.2) is 10.9 Å². The van der Waals surface area contributed by atoms with E-state index in [4.69, 9.17) is 4.42 Å². The molecule has 7 heteroatoms. The van der Waals surface area contributed by atoms with Crippen molar-refractivity contribution in [2.24, 2.45) is 0 Å². The van der Waals surface area contributed by atoms with Gasteiger partial charge in [0.1, 0.15) is 11.6 Å². The zero-order valence-corrected chi connectivity index (χ0v) is 11.9. The van der Waals surface area contributed by atoms with Crippen molar-refractivity contribution in [1.82, 2.24) is 4.98 Å². The third-order valence-corrected chi connectivity index (χ3v) is 3.33. The van der Waals surface area contributed by atoms with E-state index in [9.17, 15) is 18.4 Å². The third kappa shape index (κ3) is 3.45. The van der Waals surface area contributed by atoms with Crippen LogP contribution in [0.5, 0.6) is 0 Å². The molecular weight excluding hydrogens is 306 g/mol. The van der Waals surface area contributed by atoms with Gasteiger partial charge in [-0.25, -0.2) is 13.6 Å². The number of aromatic amines is 1. The Kier molecular flexibility index (Phi) is 3.92. The molecule has 0 unspecified atom stereocenters. The number of halogens is 2. The van der Waals surface area contributed by atoms with Crippen LogP contribution in [0, 0.1) is 11.6 Å². The van der Waals surface area contributed by atoms with Crippen LogP contribution < -0.4 is 11.1 Å². The highest BCUT2D eigenvalue weighted by molar-refractivity contribution is 5.91. The standard InChI is InChI=1S/C16H12F2N2O3/c17-10-3-4-12(11(18)8-10)19-15(21)6-2-9-1-5-14-13(7-9)20-16(22)23-14/h1,3-5,7-8H,2,6H2,(H,19,21)(H,20,22). The molecule has 0 spiro atoms. The van der Waals surface area contributed by atoms with Gasteiger partial charge in [-0.2, -0.15) is 0 Å². The first-order chi connectivity index (χ1) is 11.0. The van der Waals surface area contributed by atoms with Gasteiger partial charge in [-0.05, 0) is 36.2 Å². The fraction of sp³-hybridized carbons (Fsp3) is 0.125. The molecular formula is C16H12F2N2O3. The van der Waals surface area contributed by atoms with Gasteiger partial charge in [0.15, 0.2) is 5.58 Å². The van der Waals surface area contributed by atoms with E-state index in [2.05, 4.69) is 10.3 Å². The normalized spacial score (nSPS) is 10.9. The molecule has 0 fully saturated rings. The summed E-state index contributed by atoms with van der Waals surface area (Å²) < 4.78 is 31.1. The second kappa shape index (κ2) is 6.04. The third-order valence-electron chi connectivity index (χ3n) is 3.33. The fourth-order valence-corrected chi connectivity index (χ4v) is 2.22. The Balaban J connectivity index is 1.64. The molecule has 0 aliphatic rings. The Labute approximate surface area is 128 Å². The minimum Gasteiger partial charge on any atom is -0.408 e. The number of amides is 1. The molecule has 5 nitrogen and oxygen atoms in total. The minimum atomic E-state index is -0.823. The van der Waals surface area contributed by atoms with Gasteiger partial charge < -0.3 is 9.73 Å². The maximum atomic E-state index is 13.5. The largest absolute Gasteiger partial charge is 0.417 e. The molecule has 23 heavy (non-hydrogen) atoms. The smallest absolute Gasteiger partial charge is 0.408 e. The van der Waals surface area contributed by atoms with E-state index in [1.807, 2.05) is 0 Å². The summed E-state index contributed by atoms with van der Waals surface area (Å²) in [6.07, 6.45) is 0.516. The summed E-state index contributed by atoms with van der Waals surface area (Å²) in [6, 6.07) is 8.04. The van der Waals surface area contributed by atoms with Crippen LogP contribution in [0.15, 0.2) is 45.6 Å². The highest BCUT2D eigenvalue weighted by Crippen LogP contribution is 2.16. The Morgan fingerprint density at radius 1 is 1.17 bits per heavy atom. The molecule has 2 N–H and O–H groups in total. The number of nitrogens with one attached hydrogen (secondary N) is 2. The first-order valence-electron chi connectivity index (χ1n) is 6.88. The Morgan fingerprint density at radius 2 is 2.00 bits per heavy atom. The van der Waals surface area contributed by atoms with Gasteiger partial charge in [-0.15, -0.1) is 0 Å². The Morgan fingerprint density at radius 3 is 2.78 bits per heavy atom. The minimum absolute atomic E-state index is 0.0639. The molecule has 3 rings (SSSR count). The van der Waals surface area contributed by atoms with E-state index in [1.54, 1.807) is 18.2 Å². The van der Waals surface area contributed by atoms with Gasteiger partial charge in [0.25, 0.3) is 0 Å². The monoisotopic (exact) mass is 318 g/mol. The first kappa shape index (κ1) is 15.0. The molecule has 1 aromatic heterocycles. The molecule has 0 aliphatic carbocycles. The lowest BCUT2D eigenvalue weighted by atomic mass is 10.1. The van der Waals surface area contributed by atoms with Gasteiger partial charge in [0.2, 0.25) is 5.91 Å². The fourth-order valence-electron chi connectivity index (χ4n) is 2.22. The first-order valence-corrected chi connectivity index (χ1v) is 6.88. The molecule has 0 bridgehead atoms. The predicted octanol–water partition coefficient (Wildman–Crippen LogP) is 2.97. The van der Waals surface area contributed by atoms with Crippen molar-refractivity contribution in [3.8, 4) is 0 Å². The maximum Gasteiger partial charge on any atom is 0.417 e. The topological polar surface area (TPSA) is 75.1 Å². The van der Waals surface area contributed by atoms with Crippen LogP contribution in [0.4, 0.5) is 14.5 Å². The van der Waals surface area contributed by atoms with Crippen LogP contribution in [0.2, 0.25) is 0 Å². The molecule has 0 atom stereocenters. The number of benzene rings is 2. The van der Waals surface area contributed by atoms with E-state index >= 15 is 0 Å². The number of carbonyl (C=O) groups is 1. The maximum absolute atomic E-state index is 13.5. The van der Waals surface area contributed by atoms with Crippen molar-refractivity contribution in [2.45, 2.75) is 12.8 Å². The summed E-state index contributed by atoms with van der Waals surface area (Å²) in [6.45, 7) is 0. The van der Waals surface area contributed by atoms with Crippen molar-refractivity contribution in [2.75, 3.05) is 5.32 Å². The van der Waals surface area contributed by atoms with Gasteiger partial charge in [-0.3, -0.25) is 9.78 Å². The average molecular weight is 318 g/mol. The summed E-state index contributed by atoms with van der Waals surface area (Å²) >= 11 is 0. The number of hydrogen-bond acceptors (Lipinski definition) is 3. The number of H-pyrrole nitrogens is 1. The van der Waals surface area contributed by atoms with E-state index in [0.29, 0.717) is 23.6 Å². The quantitative estimate of drug-likeness (QED) is 0.776. The lowest BCUT2D eigenvalue weighted by molar-refractivity contribution is -0.116. The Bertz CT molecular complexity index is 930. The molecule has 0 saturated heterocycles. The second-order valence-corrected chi connectivity index (χ2v) is 5.02. The summed E-state index contributed by atoms with van der Waals surface area (Å²) in [5.74, 6) is -2.46. The highest BCUT2D eigenvalue weighted by Gasteiger charge is 2.09. The molecule has 1 amide bonds. The van der Waals surface area contributed by atoms with Crippen molar-refractivity contribution < 1.29 is 18.0 Å². The number of anilines is 1. The van der Waals surface area contributed by atoms with Crippen molar-refractivity contribution in [3.05, 3.63) is 64.1 Å². The van der Waals surface area contributed by atoms with Crippen LogP contribution in [0.3, 0.4) is 0 Å². The number of hydrogen-bond donors (Lipinski definition) is 2. The zero-order chi connectivity index (χ0) is 16.4. The Hall–Kier alpha value is -2.96. The molecule has 2 aromatic carbocycles. The van der Waals surface area contributed by atoms with Crippen LogP contribution in [0.25, 0.3) is 11.1 Å². The van der Waals surface area contributed by atoms with Crippen LogP contribution in [0.1, 0.15) is 12.0 Å². The molecule has 0 aliphatic heterocycles. The molecule has 118 valence electrons. The SMILES string of the molecule is O=C(CCc1ccc2oc(=O)[nH]c2c1)Nc1ccc(F)cc1F. The summed E-state index contributed by atoms with van der Waals surface area (Å²) in [5.41, 5.74) is 1.75. The zero-order valence-electron chi connectivity index (χ0n) is 11.9. The van der Waals surface area contributed by atoms with E-state index in [-0.39, 0.29) is 12.1 Å². The van der Waals surface area contributed by atoms with E-state index in [1.165, 1.54) is 6.07 Å². The lowest BCUT2D eigenvalue weighted by Crippen LogP contribution is -2.13. The van der Waals surface area contributed by atoms with Crippen LogP contribution in [-0.2, 0) is 11.2 Å². The van der Waals surface area contributed by atoms with Gasteiger partial charge >= 0.3 is 5.76 Å². The average Bonchev–Trinajstić information content (AvgIpc) is 2.87. The second-order valence-electron chi connectivity index (χ2n) is 5.02. The summed E-state index contributed by atoms with van der Waals surface area (Å²) in [5, 5.41) is 2.39. The van der Waals surface area contributed by atoms with E-state index < -0.39 is 23.3 Å². The predicted molar refractivity (Wildman–Crippen MR) is 80.1 cm³/mol. The number of aryl methyl sites for hydroxylation is 1. The lowest BCUT2D eigenvalue weighted by Gasteiger charge is -2.06. The number of fused-ring (bicyclic) bond motifs is 1. The highest BCUT2D eigenvalue weighted by atomic mass is 19.1. The number of carbonyl (C=O) groups excluding carboxylic acids is 1. The molecule has 3 aromatic rings. The van der Waals surface area contributed by atoms with Gasteiger partial charge in [-0.1, -0.05) is 6.07 Å². The molecule has 0 saturated carbocycles. The van der Waals surface area contributed by atoms with Gasteiger partial charge in [0, 0.05) is 12.5 Å². The number of aromatic nitrogens is 1. The van der Waals surface area contributed by atoms with Crippen molar-refractivity contribution >= 4 is 22.7 Å². The summed E-state index contributed by atoms with van der Waals surface area (Å²) in [4.78, 5) is 25.5.